The zero-order valence-electron chi connectivity index (χ0n) is 19.1. The summed E-state index contributed by atoms with van der Waals surface area (Å²) in [6.45, 7) is 5.15. The van der Waals surface area contributed by atoms with Crippen molar-refractivity contribution >= 4 is 40.9 Å². The minimum atomic E-state index is -1.60. The standard InChI is InChI=1S/C19H20Cl2N6O5/c1-4-31-19(30)23-18(29)14(8-22)25-24-10-5-12(20)16(13(21)6-10)32-15-7-11(9(2)3)17(28)27-26-15/h5-7,9,14,24-25H,4H2,1-3H3,(H,27,28)(H,23,29,30)/i5D,6D. The quantitative estimate of drug-likeness (QED) is 0.412. The number of alkyl carbamates (subject to hydrolysis) is 1. The van der Waals surface area contributed by atoms with E-state index in [1.54, 1.807) is 19.9 Å². The lowest BCUT2D eigenvalue weighted by molar-refractivity contribution is -0.121. The molecule has 1 aromatic heterocycles. The van der Waals surface area contributed by atoms with E-state index in [0.29, 0.717) is 5.56 Å². The van der Waals surface area contributed by atoms with Crippen LogP contribution in [0.1, 0.15) is 35.0 Å². The van der Waals surface area contributed by atoms with Crippen molar-refractivity contribution in [1.29, 1.82) is 5.26 Å². The summed E-state index contributed by atoms with van der Waals surface area (Å²) in [5, 5.41) is 16.5. The number of hydrogen-bond acceptors (Lipinski definition) is 9. The van der Waals surface area contributed by atoms with Crippen molar-refractivity contribution in [3.8, 4) is 17.7 Å². The Kier molecular flexibility index (Phi) is 7.75. The van der Waals surface area contributed by atoms with Gasteiger partial charge in [-0.05, 0) is 24.9 Å². The number of halogens is 2. The fraction of sp³-hybridized carbons (Fsp3) is 0.316. The molecule has 1 unspecified atom stereocenters. The van der Waals surface area contributed by atoms with Crippen LogP contribution < -0.4 is 26.5 Å². The lowest BCUT2D eigenvalue weighted by atomic mass is 10.1. The molecule has 0 bridgehead atoms. The number of hydrazine groups is 1. The maximum atomic E-state index is 12.0. The maximum Gasteiger partial charge on any atom is 0.413 e. The van der Waals surface area contributed by atoms with E-state index >= 15 is 0 Å². The van der Waals surface area contributed by atoms with E-state index in [4.69, 9.17) is 30.7 Å². The molecule has 0 saturated carbocycles. The first kappa shape index (κ1) is 21.9. The smallest absolute Gasteiger partial charge is 0.413 e. The van der Waals surface area contributed by atoms with Crippen LogP contribution in [0.5, 0.6) is 11.6 Å². The number of nitrogens with zero attached hydrogens (tertiary/aromatic N) is 2. The number of aromatic nitrogens is 2. The zero-order chi connectivity index (χ0) is 25.6. The van der Waals surface area contributed by atoms with Crippen molar-refractivity contribution in [2.75, 3.05) is 12.0 Å². The second kappa shape index (κ2) is 11.3. The number of amides is 2. The summed E-state index contributed by atoms with van der Waals surface area (Å²) in [6.07, 6.45) is -1.04. The third-order valence-corrected chi connectivity index (χ3v) is 4.27. The van der Waals surface area contributed by atoms with Crippen molar-refractivity contribution in [1.82, 2.24) is 20.9 Å². The van der Waals surface area contributed by atoms with E-state index < -0.39 is 35.7 Å². The summed E-state index contributed by atoms with van der Waals surface area (Å²) in [6, 6.07) is 0.493. The van der Waals surface area contributed by atoms with E-state index in [-0.39, 0.29) is 39.9 Å². The molecule has 1 aromatic carbocycles. The highest BCUT2D eigenvalue weighted by molar-refractivity contribution is 6.37. The Balaban J connectivity index is 2.29. The zero-order valence-corrected chi connectivity index (χ0v) is 18.6. The van der Waals surface area contributed by atoms with Crippen LogP contribution in [-0.4, -0.2) is 34.8 Å². The summed E-state index contributed by atoms with van der Waals surface area (Å²) in [5.74, 6) is -1.49. The average molecular weight is 485 g/mol. The van der Waals surface area contributed by atoms with Gasteiger partial charge in [-0.25, -0.2) is 15.3 Å². The van der Waals surface area contributed by atoms with Gasteiger partial charge in [0.2, 0.25) is 5.88 Å². The van der Waals surface area contributed by atoms with E-state index in [0.717, 1.165) is 0 Å². The minimum absolute atomic E-state index is 0.0191. The molecule has 13 heteroatoms. The van der Waals surface area contributed by atoms with E-state index in [1.165, 1.54) is 13.0 Å². The van der Waals surface area contributed by atoms with Crippen molar-refractivity contribution in [2.45, 2.75) is 32.7 Å². The van der Waals surface area contributed by atoms with Crippen LogP contribution in [-0.2, 0) is 9.53 Å². The molecule has 1 heterocycles. The van der Waals surface area contributed by atoms with Crippen LogP contribution in [0.4, 0.5) is 10.5 Å². The first-order valence-electron chi connectivity index (χ1n) is 10.2. The molecule has 2 aromatic rings. The second-order valence-corrected chi connectivity index (χ2v) is 7.13. The Morgan fingerprint density at radius 3 is 2.56 bits per heavy atom. The number of benzene rings is 1. The summed E-state index contributed by atoms with van der Waals surface area (Å²) in [5.41, 5.74) is 4.38. The molecule has 170 valence electrons. The first-order chi connectivity index (χ1) is 16.0. The number of hydrogen-bond donors (Lipinski definition) is 4. The predicted octanol–water partition coefficient (Wildman–Crippen LogP) is 3.07. The molecule has 0 aliphatic rings. The molecular formula is C19H20Cl2N6O5. The summed E-state index contributed by atoms with van der Waals surface area (Å²) < 4.78 is 26.6. The second-order valence-electron chi connectivity index (χ2n) is 6.37. The Morgan fingerprint density at radius 1 is 1.34 bits per heavy atom. The van der Waals surface area contributed by atoms with Gasteiger partial charge in [0, 0.05) is 11.6 Å². The number of nitriles is 1. The first-order valence-corrected chi connectivity index (χ1v) is 9.91. The number of nitrogens with one attached hydrogen (secondary N) is 4. The van der Waals surface area contributed by atoms with Crippen LogP contribution in [0.15, 0.2) is 22.9 Å². The van der Waals surface area contributed by atoms with Crippen LogP contribution in [0, 0.1) is 11.3 Å². The predicted molar refractivity (Wildman–Crippen MR) is 117 cm³/mol. The molecule has 1 atom stereocenters. The Labute approximate surface area is 195 Å². The fourth-order valence-corrected chi connectivity index (χ4v) is 2.74. The summed E-state index contributed by atoms with van der Waals surface area (Å²) in [4.78, 5) is 35.2. The molecule has 0 fully saturated rings. The topological polar surface area (TPSA) is 158 Å². The van der Waals surface area contributed by atoms with Crippen molar-refractivity contribution in [2.24, 2.45) is 0 Å². The van der Waals surface area contributed by atoms with Crippen molar-refractivity contribution in [3.63, 3.8) is 0 Å². The van der Waals surface area contributed by atoms with Crippen LogP contribution in [0.2, 0.25) is 10.0 Å². The molecule has 2 amide bonds. The number of ether oxygens (including phenoxy) is 2. The molecule has 32 heavy (non-hydrogen) atoms. The van der Waals surface area contributed by atoms with Gasteiger partial charge in [0.05, 0.1) is 31.2 Å². The molecule has 0 radical (unpaired) electrons. The molecule has 11 nitrogen and oxygen atoms in total. The van der Waals surface area contributed by atoms with Gasteiger partial charge in [0.25, 0.3) is 11.5 Å². The van der Waals surface area contributed by atoms with Gasteiger partial charge in [0.1, 0.15) is 0 Å². The highest BCUT2D eigenvalue weighted by Gasteiger charge is 2.21. The molecule has 0 aliphatic carbocycles. The van der Waals surface area contributed by atoms with E-state index in [1.807, 2.05) is 5.32 Å². The number of aromatic amines is 1. The van der Waals surface area contributed by atoms with Gasteiger partial charge in [-0.15, -0.1) is 5.10 Å². The van der Waals surface area contributed by atoms with Crippen LogP contribution in [0.25, 0.3) is 0 Å². The lowest BCUT2D eigenvalue weighted by Gasteiger charge is -2.15. The van der Waals surface area contributed by atoms with E-state index in [9.17, 15) is 19.6 Å². The lowest BCUT2D eigenvalue weighted by Crippen LogP contribution is -2.47. The maximum absolute atomic E-state index is 12.0. The minimum Gasteiger partial charge on any atom is -0.450 e. The van der Waals surface area contributed by atoms with Gasteiger partial charge in [-0.2, -0.15) is 5.26 Å². The molecule has 2 rings (SSSR count). The number of carbonyl (C=O) groups is 2. The molecule has 4 N–H and O–H groups in total. The molecule has 0 spiro atoms. The highest BCUT2D eigenvalue weighted by atomic mass is 35.5. The number of H-pyrrole nitrogens is 1. The van der Waals surface area contributed by atoms with Gasteiger partial charge in [0.15, 0.2) is 11.8 Å². The van der Waals surface area contributed by atoms with Gasteiger partial charge in [-0.1, -0.05) is 37.0 Å². The van der Waals surface area contributed by atoms with Gasteiger partial charge in [-0.3, -0.25) is 14.9 Å². The summed E-state index contributed by atoms with van der Waals surface area (Å²) >= 11 is 12.4. The third-order valence-electron chi connectivity index (χ3n) is 3.74. The number of imide groups is 1. The largest absolute Gasteiger partial charge is 0.450 e. The third kappa shape index (κ3) is 6.58. The Bertz CT molecular complexity index is 1170. The van der Waals surface area contributed by atoms with Crippen molar-refractivity contribution in [3.05, 3.63) is 44.1 Å². The monoisotopic (exact) mass is 484 g/mol. The van der Waals surface area contributed by atoms with Crippen LogP contribution >= 0.6 is 23.2 Å². The van der Waals surface area contributed by atoms with Gasteiger partial charge >= 0.3 is 6.09 Å². The molecular weight excluding hydrogens is 463 g/mol. The highest BCUT2D eigenvalue weighted by Crippen LogP contribution is 2.38. The number of anilines is 1. The molecule has 0 saturated heterocycles. The SMILES string of the molecule is [2H]c1c(Cl)c(Oc2cc(C(C)C)c(=O)[nH]n2)c(Cl)c([2H])c1NNC(C#N)C(=O)NC(=O)OCC. The molecule has 0 aliphatic heterocycles. The van der Waals surface area contributed by atoms with Gasteiger partial charge < -0.3 is 14.9 Å². The van der Waals surface area contributed by atoms with Crippen LogP contribution in [0.3, 0.4) is 0 Å². The van der Waals surface area contributed by atoms with E-state index in [2.05, 4.69) is 25.8 Å². The Morgan fingerprint density at radius 2 is 2.00 bits per heavy atom. The van der Waals surface area contributed by atoms with Crippen molar-refractivity contribution < 1.29 is 21.8 Å². The number of carbonyl (C=O) groups excluding carboxylic acids is 2. The fourth-order valence-electron chi connectivity index (χ4n) is 2.24. The normalized spacial score (nSPS) is 12.3. The number of rotatable bonds is 8. The Hall–Kier alpha value is -3.33. The summed E-state index contributed by atoms with van der Waals surface area (Å²) in [7, 11) is 0. The average Bonchev–Trinajstić information content (AvgIpc) is 2.78.